The molecule has 1 unspecified atom stereocenters. The zero-order valence-electron chi connectivity index (χ0n) is 7.70. The number of allylic oxidation sites excluding steroid dienone is 4. The first-order valence-corrected chi connectivity index (χ1v) is 4.94. The largest absolute Gasteiger partial charge is 0.112 e. The molecular weight excluding hydrogens is 191 g/mol. The maximum absolute atomic E-state index is 6.15. The quantitative estimate of drug-likeness (QED) is 0.412. The van der Waals surface area contributed by atoms with Crippen molar-refractivity contribution in [2.75, 3.05) is 0 Å². The fourth-order valence-electron chi connectivity index (χ4n) is 1.34. The summed E-state index contributed by atoms with van der Waals surface area (Å²) in [5.41, 5.74) is 1.36. The van der Waals surface area contributed by atoms with E-state index in [0.717, 1.165) is 11.5 Å². The van der Waals surface area contributed by atoms with Gasteiger partial charge in [-0.3, -0.25) is 0 Å². The number of rotatable bonds is 0. The van der Waals surface area contributed by atoms with Crippen LogP contribution in [0.2, 0.25) is 0 Å². The lowest BCUT2D eigenvalue weighted by molar-refractivity contribution is 0.491. The Bertz CT molecular complexity index is 231. The van der Waals surface area contributed by atoms with Crippen LogP contribution in [0.3, 0.4) is 0 Å². The summed E-state index contributed by atoms with van der Waals surface area (Å²) in [6.45, 7) is 6.47. The molecule has 0 heterocycles. The van der Waals surface area contributed by atoms with Gasteiger partial charge in [0.2, 0.25) is 0 Å². The van der Waals surface area contributed by atoms with Crippen molar-refractivity contribution in [1.29, 1.82) is 0 Å². The maximum Gasteiger partial charge on any atom is 0.0903 e. The van der Waals surface area contributed by atoms with Crippen molar-refractivity contribution in [3.63, 3.8) is 0 Å². The van der Waals surface area contributed by atoms with E-state index in [-0.39, 0.29) is 10.8 Å². The summed E-state index contributed by atoms with van der Waals surface area (Å²) in [6, 6.07) is 0. The minimum atomic E-state index is -0.111. The van der Waals surface area contributed by atoms with E-state index in [1.165, 1.54) is 5.57 Å². The highest BCUT2D eigenvalue weighted by Gasteiger charge is 2.27. The van der Waals surface area contributed by atoms with Crippen LogP contribution < -0.4 is 0 Å². The summed E-state index contributed by atoms with van der Waals surface area (Å²) in [7, 11) is 0. The van der Waals surface area contributed by atoms with Gasteiger partial charge in [-0.25, -0.2) is 0 Å². The smallest absolute Gasteiger partial charge is 0.0903 e. The van der Waals surface area contributed by atoms with E-state index >= 15 is 0 Å². The summed E-state index contributed by atoms with van der Waals surface area (Å²) in [4.78, 5) is 0. The second kappa shape index (κ2) is 3.43. The normalized spacial score (nSPS) is 24.9. The van der Waals surface area contributed by atoms with Gasteiger partial charge in [-0.05, 0) is 17.4 Å². The predicted octanol–water partition coefficient (Wildman–Crippen LogP) is 4.09. The molecule has 0 aromatic carbocycles. The van der Waals surface area contributed by atoms with Crippen molar-refractivity contribution in [3.8, 4) is 0 Å². The summed E-state index contributed by atoms with van der Waals surface area (Å²) in [5.74, 6) is 0. The highest BCUT2D eigenvalue weighted by molar-refractivity contribution is 6.38. The number of hydrogen-bond donors (Lipinski definition) is 0. The molecule has 0 aromatic rings. The van der Waals surface area contributed by atoms with E-state index in [1.807, 2.05) is 6.08 Å². The Morgan fingerprint density at radius 3 is 2.33 bits per heavy atom. The third-order valence-electron chi connectivity index (χ3n) is 2.03. The molecule has 0 aliphatic heterocycles. The fraction of sp³-hybridized carbons (Fsp3) is 0.600. The van der Waals surface area contributed by atoms with Gasteiger partial charge in [0.25, 0.3) is 0 Å². The summed E-state index contributed by atoms with van der Waals surface area (Å²) >= 11 is 12.1. The topological polar surface area (TPSA) is 0 Å². The first-order chi connectivity index (χ1) is 5.43. The van der Waals surface area contributed by atoms with Crippen molar-refractivity contribution in [1.82, 2.24) is 0 Å². The molecule has 0 bridgehead atoms. The Morgan fingerprint density at radius 2 is 1.92 bits per heavy atom. The van der Waals surface area contributed by atoms with Gasteiger partial charge in [0, 0.05) is 5.03 Å². The average molecular weight is 205 g/mol. The van der Waals surface area contributed by atoms with E-state index in [9.17, 15) is 0 Å². The van der Waals surface area contributed by atoms with Gasteiger partial charge < -0.3 is 0 Å². The van der Waals surface area contributed by atoms with Crippen molar-refractivity contribution in [2.24, 2.45) is 5.41 Å². The minimum Gasteiger partial charge on any atom is -0.112 e. The van der Waals surface area contributed by atoms with E-state index in [0.29, 0.717) is 0 Å². The summed E-state index contributed by atoms with van der Waals surface area (Å²) in [6.07, 6.45) is 5.05. The van der Waals surface area contributed by atoms with E-state index in [4.69, 9.17) is 23.2 Å². The van der Waals surface area contributed by atoms with Crippen LogP contribution in [0.4, 0.5) is 0 Å². The molecule has 0 radical (unpaired) electrons. The molecule has 1 aliphatic carbocycles. The van der Waals surface area contributed by atoms with Gasteiger partial charge in [0.05, 0.1) is 5.38 Å². The molecule has 0 N–H and O–H groups in total. The summed E-state index contributed by atoms with van der Waals surface area (Å²) in [5, 5.41) is 0.657. The molecule has 0 saturated heterocycles. The molecule has 2 heteroatoms. The molecule has 0 fully saturated rings. The Hall–Kier alpha value is 0.0600. The Balaban J connectivity index is 2.87. The van der Waals surface area contributed by atoms with E-state index < -0.39 is 0 Å². The molecule has 1 aliphatic rings. The van der Waals surface area contributed by atoms with E-state index in [2.05, 4.69) is 26.8 Å². The highest BCUT2D eigenvalue weighted by atomic mass is 35.5. The second-order valence-electron chi connectivity index (χ2n) is 4.10. The van der Waals surface area contributed by atoms with Gasteiger partial charge in [-0.15, -0.1) is 11.6 Å². The fourth-order valence-corrected chi connectivity index (χ4v) is 2.05. The van der Waals surface area contributed by atoms with Gasteiger partial charge in [0.1, 0.15) is 0 Å². The number of alkyl halides is 1. The van der Waals surface area contributed by atoms with Crippen LogP contribution in [-0.2, 0) is 0 Å². The SMILES string of the molecule is CC(C)(C)C1=CCC=C(Cl)C1Cl. The zero-order valence-corrected chi connectivity index (χ0v) is 9.21. The van der Waals surface area contributed by atoms with Crippen molar-refractivity contribution in [3.05, 3.63) is 22.8 Å². The maximum atomic E-state index is 6.15. The molecule has 0 spiro atoms. The Kier molecular flexibility index (Phi) is 2.90. The molecule has 12 heavy (non-hydrogen) atoms. The predicted molar refractivity (Wildman–Crippen MR) is 55.7 cm³/mol. The Morgan fingerprint density at radius 1 is 1.33 bits per heavy atom. The van der Waals surface area contributed by atoms with Crippen LogP contribution in [0.5, 0.6) is 0 Å². The lowest BCUT2D eigenvalue weighted by Crippen LogP contribution is -2.20. The first-order valence-electron chi connectivity index (χ1n) is 4.13. The molecular formula is C10H14Cl2. The van der Waals surface area contributed by atoms with Crippen molar-refractivity contribution in [2.45, 2.75) is 32.6 Å². The molecule has 0 aromatic heterocycles. The average Bonchev–Trinajstić information content (AvgIpc) is 1.92. The van der Waals surface area contributed by atoms with Gasteiger partial charge in [0.15, 0.2) is 0 Å². The van der Waals surface area contributed by atoms with Gasteiger partial charge in [-0.1, -0.05) is 44.5 Å². The number of halogens is 2. The van der Waals surface area contributed by atoms with Gasteiger partial charge in [-0.2, -0.15) is 0 Å². The third-order valence-corrected chi connectivity index (χ3v) is 2.99. The lowest BCUT2D eigenvalue weighted by Gasteiger charge is -2.29. The highest BCUT2D eigenvalue weighted by Crippen LogP contribution is 2.37. The first kappa shape index (κ1) is 10.1. The van der Waals surface area contributed by atoms with Crippen LogP contribution in [-0.4, -0.2) is 5.38 Å². The lowest BCUT2D eigenvalue weighted by atomic mass is 9.82. The minimum absolute atomic E-state index is 0.111. The molecule has 0 amide bonds. The number of hydrogen-bond acceptors (Lipinski definition) is 0. The van der Waals surface area contributed by atoms with Crippen LogP contribution in [0.15, 0.2) is 22.8 Å². The molecule has 1 atom stereocenters. The molecule has 0 nitrogen and oxygen atoms in total. The van der Waals surface area contributed by atoms with Crippen LogP contribution in [0.1, 0.15) is 27.2 Å². The molecule has 1 rings (SSSR count). The molecule has 0 saturated carbocycles. The van der Waals surface area contributed by atoms with Crippen molar-refractivity contribution >= 4 is 23.2 Å². The van der Waals surface area contributed by atoms with Crippen LogP contribution in [0, 0.1) is 5.41 Å². The van der Waals surface area contributed by atoms with Crippen molar-refractivity contribution < 1.29 is 0 Å². The Labute approximate surface area is 84.2 Å². The van der Waals surface area contributed by atoms with Gasteiger partial charge >= 0.3 is 0 Å². The summed E-state index contributed by atoms with van der Waals surface area (Å²) < 4.78 is 0. The molecule has 68 valence electrons. The monoisotopic (exact) mass is 204 g/mol. The standard InChI is InChI=1S/C10H14Cl2/c1-10(2,3)7-5-4-6-8(11)9(7)12/h5-6,9H,4H2,1-3H3. The third kappa shape index (κ3) is 2.05. The van der Waals surface area contributed by atoms with E-state index in [1.54, 1.807) is 0 Å². The van der Waals surface area contributed by atoms with Crippen LogP contribution >= 0.6 is 23.2 Å². The van der Waals surface area contributed by atoms with Crippen LogP contribution in [0.25, 0.3) is 0 Å². The second-order valence-corrected chi connectivity index (χ2v) is 4.97. The zero-order chi connectivity index (χ0) is 9.35.